The molecule has 0 bridgehead atoms. The van der Waals surface area contributed by atoms with Gasteiger partial charge in [0.2, 0.25) is 0 Å². The molecule has 0 radical (unpaired) electrons. The van der Waals surface area contributed by atoms with Gasteiger partial charge in [-0.3, -0.25) is 4.90 Å². The molecule has 2 rings (SSSR count). The smallest absolute Gasteiger partial charge is 0.0497 e. The Morgan fingerprint density at radius 1 is 1.16 bits per heavy atom. The van der Waals surface area contributed by atoms with Crippen molar-refractivity contribution in [3.8, 4) is 0 Å². The molecule has 0 aliphatic carbocycles. The predicted octanol–water partition coefficient (Wildman–Crippen LogP) is 2.02. The SMILES string of the molecule is Cc1cccc(C(C(C)N)N2CCCN(C)CC2)c1. The fraction of sp³-hybridized carbons (Fsp3) is 0.625. The summed E-state index contributed by atoms with van der Waals surface area (Å²) in [7, 11) is 2.21. The number of nitrogens with zero attached hydrogens (tertiary/aromatic N) is 2. The fourth-order valence-corrected chi connectivity index (χ4v) is 3.05. The first kappa shape index (κ1) is 14.5. The van der Waals surface area contributed by atoms with Gasteiger partial charge in [-0.05, 0) is 39.4 Å². The lowest BCUT2D eigenvalue weighted by Crippen LogP contribution is -2.41. The van der Waals surface area contributed by atoms with E-state index in [1.807, 2.05) is 0 Å². The van der Waals surface area contributed by atoms with E-state index in [1.54, 1.807) is 0 Å². The maximum Gasteiger partial charge on any atom is 0.0497 e. The van der Waals surface area contributed by atoms with Gasteiger partial charge in [0.1, 0.15) is 0 Å². The van der Waals surface area contributed by atoms with Gasteiger partial charge in [0, 0.05) is 31.7 Å². The predicted molar refractivity (Wildman–Crippen MR) is 81.3 cm³/mol. The number of hydrogen-bond donors (Lipinski definition) is 1. The van der Waals surface area contributed by atoms with Crippen molar-refractivity contribution in [3.63, 3.8) is 0 Å². The van der Waals surface area contributed by atoms with Crippen molar-refractivity contribution < 1.29 is 0 Å². The van der Waals surface area contributed by atoms with Crippen LogP contribution < -0.4 is 5.73 Å². The van der Waals surface area contributed by atoms with E-state index in [2.05, 4.69) is 55.0 Å². The van der Waals surface area contributed by atoms with Crippen LogP contribution in [-0.4, -0.2) is 49.1 Å². The highest BCUT2D eigenvalue weighted by Crippen LogP contribution is 2.25. The van der Waals surface area contributed by atoms with E-state index in [4.69, 9.17) is 5.73 Å². The summed E-state index contributed by atoms with van der Waals surface area (Å²) < 4.78 is 0. The molecule has 0 amide bonds. The third-order valence-corrected chi connectivity index (χ3v) is 4.03. The largest absolute Gasteiger partial charge is 0.326 e. The Morgan fingerprint density at radius 3 is 2.63 bits per heavy atom. The third-order valence-electron chi connectivity index (χ3n) is 4.03. The molecule has 0 spiro atoms. The van der Waals surface area contributed by atoms with Crippen molar-refractivity contribution in [2.24, 2.45) is 5.73 Å². The van der Waals surface area contributed by atoms with Gasteiger partial charge in [0.25, 0.3) is 0 Å². The number of aryl methyl sites for hydroxylation is 1. The molecule has 2 unspecified atom stereocenters. The monoisotopic (exact) mass is 261 g/mol. The van der Waals surface area contributed by atoms with E-state index in [0.717, 1.165) is 19.6 Å². The zero-order valence-electron chi connectivity index (χ0n) is 12.5. The Bertz CT molecular complexity index is 403. The number of hydrogen-bond acceptors (Lipinski definition) is 3. The van der Waals surface area contributed by atoms with Crippen LogP contribution in [0.2, 0.25) is 0 Å². The van der Waals surface area contributed by atoms with Gasteiger partial charge < -0.3 is 10.6 Å². The zero-order chi connectivity index (χ0) is 13.8. The number of rotatable bonds is 3. The zero-order valence-corrected chi connectivity index (χ0v) is 12.5. The molecule has 3 heteroatoms. The Hall–Kier alpha value is -0.900. The first-order valence-corrected chi connectivity index (χ1v) is 7.32. The molecule has 1 aromatic carbocycles. The third kappa shape index (κ3) is 3.78. The first-order valence-electron chi connectivity index (χ1n) is 7.32. The molecule has 1 aliphatic heterocycles. The normalized spacial score (nSPS) is 21.9. The Balaban J connectivity index is 2.20. The average molecular weight is 261 g/mol. The molecule has 0 aromatic heterocycles. The average Bonchev–Trinajstić information content (AvgIpc) is 2.55. The number of nitrogens with two attached hydrogens (primary N) is 1. The summed E-state index contributed by atoms with van der Waals surface area (Å²) in [4.78, 5) is 4.97. The van der Waals surface area contributed by atoms with Crippen molar-refractivity contribution in [2.45, 2.75) is 32.4 Å². The van der Waals surface area contributed by atoms with Crippen molar-refractivity contribution in [1.29, 1.82) is 0 Å². The van der Waals surface area contributed by atoms with Crippen LogP contribution in [0.5, 0.6) is 0 Å². The summed E-state index contributed by atoms with van der Waals surface area (Å²) >= 11 is 0. The molecule has 106 valence electrons. The first-order chi connectivity index (χ1) is 9.08. The standard InChI is InChI=1S/C16H27N3/c1-13-6-4-7-15(12-13)16(14(2)17)19-9-5-8-18(3)10-11-19/h4,6-7,12,14,16H,5,8-11,17H2,1-3H3. The van der Waals surface area contributed by atoms with Crippen LogP contribution >= 0.6 is 0 Å². The summed E-state index contributed by atoms with van der Waals surface area (Å²) in [6, 6.07) is 9.29. The summed E-state index contributed by atoms with van der Waals surface area (Å²) in [6.45, 7) is 8.85. The molecule has 3 nitrogen and oxygen atoms in total. The molecule has 1 heterocycles. The second kappa shape index (κ2) is 6.51. The maximum atomic E-state index is 6.28. The van der Waals surface area contributed by atoms with E-state index in [-0.39, 0.29) is 6.04 Å². The Kier molecular flexibility index (Phi) is 4.97. The fourth-order valence-electron chi connectivity index (χ4n) is 3.05. The van der Waals surface area contributed by atoms with Gasteiger partial charge in [-0.2, -0.15) is 0 Å². The molecule has 19 heavy (non-hydrogen) atoms. The lowest BCUT2D eigenvalue weighted by atomic mass is 9.97. The second-order valence-electron chi connectivity index (χ2n) is 5.91. The van der Waals surface area contributed by atoms with Crippen LogP contribution in [0, 0.1) is 6.92 Å². The van der Waals surface area contributed by atoms with Crippen LogP contribution in [0.15, 0.2) is 24.3 Å². The number of benzene rings is 1. The van der Waals surface area contributed by atoms with Crippen LogP contribution in [-0.2, 0) is 0 Å². The molecule has 1 fully saturated rings. The van der Waals surface area contributed by atoms with Gasteiger partial charge in [-0.15, -0.1) is 0 Å². The summed E-state index contributed by atoms with van der Waals surface area (Å²) in [5.41, 5.74) is 8.96. The van der Waals surface area contributed by atoms with Gasteiger partial charge in [-0.1, -0.05) is 29.8 Å². The van der Waals surface area contributed by atoms with Crippen molar-refractivity contribution in [1.82, 2.24) is 9.80 Å². The quantitative estimate of drug-likeness (QED) is 0.903. The maximum absolute atomic E-state index is 6.28. The van der Waals surface area contributed by atoms with Gasteiger partial charge >= 0.3 is 0 Å². The lowest BCUT2D eigenvalue weighted by molar-refractivity contribution is 0.182. The van der Waals surface area contributed by atoms with E-state index in [0.29, 0.717) is 6.04 Å². The highest BCUT2D eigenvalue weighted by molar-refractivity contribution is 5.26. The van der Waals surface area contributed by atoms with E-state index < -0.39 is 0 Å². The minimum absolute atomic E-state index is 0.158. The van der Waals surface area contributed by atoms with Crippen LogP contribution in [0.4, 0.5) is 0 Å². The van der Waals surface area contributed by atoms with Crippen LogP contribution in [0.25, 0.3) is 0 Å². The number of likely N-dealkylation sites (N-methyl/N-ethyl adjacent to an activating group) is 1. The molecule has 1 saturated heterocycles. The molecule has 2 atom stereocenters. The molecule has 0 saturated carbocycles. The Labute approximate surface area is 117 Å². The van der Waals surface area contributed by atoms with Gasteiger partial charge in [0.15, 0.2) is 0 Å². The highest BCUT2D eigenvalue weighted by atomic mass is 15.2. The highest BCUT2D eigenvalue weighted by Gasteiger charge is 2.25. The Morgan fingerprint density at radius 2 is 1.95 bits per heavy atom. The van der Waals surface area contributed by atoms with E-state index >= 15 is 0 Å². The minimum Gasteiger partial charge on any atom is -0.326 e. The summed E-state index contributed by atoms with van der Waals surface area (Å²) in [6.07, 6.45) is 1.23. The van der Waals surface area contributed by atoms with E-state index in [9.17, 15) is 0 Å². The summed E-state index contributed by atoms with van der Waals surface area (Å²) in [5.74, 6) is 0. The molecular formula is C16H27N3. The van der Waals surface area contributed by atoms with Crippen molar-refractivity contribution in [2.75, 3.05) is 33.2 Å². The summed E-state index contributed by atoms with van der Waals surface area (Å²) in [5, 5.41) is 0. The van der Waals surface area contributed by atoms with Crippen molar-refractivity contribution >= 4 is 0 Å². The molecular weight excluding hydrogens is 234 g/mol. The van der Waals surface area contributed by atoms with E-state index in [1.165, 1.54) is 24.1 Å². The van der Waals surface area contributed by atoms with Crippen LogP contribution in [0.1, 0.15) is 30.5 Å². The van der Waals surface area contributed by atoms with Crippen molar-refractivity contribution in [3.05, 3.63) is 35.4 Å². The molecule has 2 N–H and O–H groups in total. The lowest BCUT2D eigenvalue weighted by Gasteiger charge is -2.34. The second-order valence-corrected chi connectivity index (χ2v) is 5.91. The molecule has 1 aliphatic rings. The topological polar surface area (TPSA) is 32.5 Å². The molecule has 1 aromatic rings. The van der Waals surface area contributed by atoms with Gasteiger partial charge in [0.05, 0.1) is 0 Å². The van der Waals surface area contributed by atoms with Crippen LogP contribution in [0.3, 0.4) is 0 Å². The van der Waals surface area contributed by atoms with Gasteiger partial charge in [-0.25, -0.2) is 0 Å². The minimum atomic E-state index is 0.158.